The second kappa shape index (κ2) is 6.60. The summed E-state index contributed by atoms with van der Waals surface area (Å²) in [5, 5.41) is 3.24. The average Bonchev–Trinajstić information content (AvgIpc) is 2.80. The van der Waals surface area contributed by atoms with Gasteiger partial charge in [0.2, 0.25) is 10.0 Å². The Kier molecular flexibility index (Phi) is 4.68. The lowest BCUT2D eigenvalue weighted by Crippen LogP contribution is -2.46. The topological polar surface area (TPSA) is 98.8 Å². The molecule has 24 heavy (non-hydrogen) atoms. The summed E-state index contributed by atoms with van der Waals surface area (Å²) in [5.41, 5.74) is 0.370. The number of nitrogens with one attached hydrogen (secondary N) is 2. The summed E-state index contributed by atoms with van der Waals surface area (Å²) < 4.78 is 27.3. The quantitative estimate of drug-likeness (QED) is 0.666. The van der Waals surface area contributed by atoms with Crippen molar-refractivity contribution in [3.05, 3.63) is 29.3 Å². The highest BCUT2D eigenvalue weighted by molar-refractivity contribution is 7.89. The van der Waals surface area contributed by atoms with Crippen molar-refractivity contribution in [2.45, 2.75) is 4.90 Å². The molecule has 9 heteroatoms. The van der Waals surface area contributed by atoms with Crippen LogP contribution in [0.2, 0.25) is 0 Å². The van der Waals surface area contributed by atoms with Crippen LogP contribution in [0.25, 0.3) is 0 Å². The average molecular weight is 352 g/mol. The van der Waals surface area contributed by atoms with Crippen LogP contribution in [0.1, 0.15) is 20.7 Å². The number of hydrogen-bond acceptors (Lipinski definition) is 6. The molecule has 0 spiro atoms. The number of fused-ring (bicyclic) bond motifs is 1. The molecule has 2 heterocycles. The molecule has 0 saturated carbocycles. The van der Waals surface area contributed by atoms with E-state index >= 15 is 0 Å². The van der Waals surface area contributed by atoms with Crippen LogP contribution >= 0.6 is 0 Å². The molecular weight excluding hydrogens is 332 g/mol. The molecule has 1 aromatic carbocycles. The Balaban J connectivity index is 1.69. The molecule has 0 unspecified atom stereocenters. The molecule has 1 fully saturated rings. The SMILES string of the molecule is CN1C(=O)c2ccc(S(=O)(=O)NCCN3CCNCC3)cc2C1=O. The summed E-state index contributed by atoms with van der Waals surface area (Å²) in [6, 6.07) is 4.02. The van der Waals surface area contributed by atoms with E-state index < -0.39 is 21.8 Å². The van der Waals surface area contributed by atoms with Gasteiger partial charge >= 0.3 is 0 Å². The van der Waals surface area contributed by atoms with E-state index in [0.29, 0.717) is 13.1 Å². The first-order chi connectivity index (χ1) is 11.4. The van der Waals surface area contributed by atoms with E-state index in [4.69, 9.17) is 0 Å². The van der Waals surface area contributed by atoms with Crippen molar-refractivity contribution in [1.82, 2.24) is 19.8 Å². The van der Waals surface area contributed by atoms with E-state index in [2.05, 4.69) is 14.9 Å². The Morgan fingerprint density at radius 3 is 2.50 bits per heavy atom. The Hall–Kier alpha value is -1.81. The predicted octanol–water partition coefficient (Wildman–Crippen LogP) is -0.904. The first-order valence-corrected chi connectivity index (χ1v) is 9.27. The Bertz CT molecular complexity index is 772. The molecule has 2 amide bonds. The maximum atomic E-state index is 12.4. The van der Waals surface area contributed by atoms with Gasteiger partial charge in [-0.1, -0.05) is 0 Å². The van der Waals surface area contributed by atoms with Gasteiger partial charge in [-0.25, -0.2) is 13.1 Å². The van der Waals surface area contributed by atoms with Crippen LogP contribution in [0.4, 0.5) is 0 Å². The van der Waals surface area contributed by atoms with Gasteiger partial charge in [-0.2, -0.15) is 0 Å². The Labute approximate surface area is 140 Å². The van der Waals surface area contributed by atoms with E-state index in [1.165, 1.54) is 25.2 Å². The molecule has 8 nitrogen and oxygen atoms in total. The van der Waals surface area contributed by atoms with Crippen molar-refractivity contribution in [1.29, 1.82) is 0 Å². The summed E-state index contributed by atoms with van der Waals surface area (Å²) in [6.45, 7) is 4.52. The molecule has 3 rings (SSSR count). The van der Waals surface area contributed by atoms with Crippen LogP contribution in [-0.2, 0) is 10.0 Å². The van der Waals surface area contributed by atoms with Crippen molar-refractivity contribution < 1.29 is 18.0 Å². The zero-order chi connectivity index (χ0) is 17.3. The van der Waals surface area contributed by atoms with Crippen molar-refractivity contribution >= 4 is 21.8 Å². The van der Waals surface area contributed by atoms with Gasteiger partial charge in [0.25, 0.3) is 11.8 Å². The number of sulfonamides is 1. The molecular formula is C15H20N4O4S. The highest BCUT2D eigenvalue weighted by atomic mass is 32.2. The fourth-order valence-corrected chi connectivity index (χ4v) is 3.91. The third-order valence-corrected chi connectivity index (χ3v) is 5.76. The molecule has 0 aromatic heterocycles. The minimum atomic E-state index is -3.72. The van der Waals surface area contributed by atoms with Crippen LogP contribution in [0.5, 0.6) is 0 Å². The number of piperazine rings is 1. The predicted molar refractivity (Wildman–Crippen MR) is 87.4 cm³/mol. The minimum absolute atomic E-state index is 0.00184. The minimum Gasteiger partial charge on any atom is -0.314 e. The third kappa shape index (κ3) is 3.20. The van der Waals surface area contributed by atoms with Gasteiger partial charge in [0.05, 0.1) is 16.0 Å². The molecule has 2 N–H and O–H groups in total. The smallest absolute Gasteiger partial charge is 0.261 e. The summed E-state index contributed by atoms with van der Waals surface area (Å²) in [5.74, 6) is -0.890. The van der Waals surface area contributed by atoms with E-state index in [9.17, 15) is 18.0 Å². The number of amides is 2. The lowest BCUT2D eigenvalue weighted by molar-refractivity contribution is 0.0693. The van der Waals surface area contributed by atoms with Crippen LogP contribution in [0.15, 0.2) is 23.1 Å². The standard InChI is InChI=1S/C15H20N4O4S/c1-18-14(20)12-3-2-11(10-13(12)15(18)21)24(22,23)17-6-9-19-7-4-16-5-8-19/h2-3,10,16-17H,4-9H2,1H3. The van der Waals surface area contributed by atoms with E-state index in [1.54, 1.807) is 0 Å². The van der Waals surface area contributed by atoms with Gasteiger partial charge in [-0.3, -0.25) is 19.4 Å². The number of benzene rings is 1. The fraction of sp³-hybridized carbons (Fsp3) is 0.467. The Morgan fingerprint density at radius 2 is 1.79 bits per heavy atom. The molecule has 0 aliphatic carbocycles. The molecule has 2 aliphatic rings. The molecule has 1 saturated heterocycles. The van der Waals surface area contributed by atoms with Crippen LogP contribution < -0.4 is 10.0 Å². The van der Waals surface area contributed by atoms with Crippen molar-refractivity contribution in [2.75, 3.05) is 46.3 Å². The number of nitrogens with zero attached hydrogens (tertiary/aromatic N) is 2. The van der Waals surface area contributed by atoms with Crippen LogP contribution in [0, 0.1) is 0 Å². The van der Waals surface area contributed by atoms with Gasteiger partial charge in [-0.05, 0) is 18.2 Å². The number of carbonyl (C=O) groups is 2. The van der Waals surface area contributed by atoms with E-state index in [-0.39, 0.29) is 16.0 Å². The summed E-state index contributed by atoms with van der Waals surface area (Å²) in [4.78, 5) is 27.0. The normalized spacial score (nSPS) is 19.0. The highest BCUT2D eigenvalue weighted by Gasteiger charge is 2.33. The van der Waals surface area contributed by atoms with Gasteiger partial charge < -0.3 is 5.32 Å². The van der Waals surface area contributed by atoms with Crippen molar-refractivity contribution in [2.24, 2.45) is 0 Å². The monoisotopic (exact) mass is 352 g/mol. The van der Waals surface area contributed by atoms with Crippen LogP contribution in [0.3, 0.4) is 0 Å². The summed E-state index contributed by atoms with van der Waals surface area (Å²) in [7, 11) is -2.34. The third-order valence-electron chi connectivity index (χ3n) is 4.30. The van der Waals surface area contributed by atoms with Crippen molar-refractivity contribution in [3.8, 4) is 0 Å². The second-order valence-corrected chi connectivity index (χ2v) is 7.63. The van der Waals surface area contributed by atoms with Gasteiger partial charge in [-0.15, -0.1) is 0 Å². The number of rotatable bonds is 5. The maximum Gasteiger partial charge on any atom is 0.261 e. The van der Waals surface area contributed by atoms with Gasteiger partial charge in [0.15, 0.2) is 0 Å². The largest absolute Gasteiger partial charge is 0.314 e. The van der Waals surface area contributed by atoms with E-state index in [0.717, 1.165) is 31.1 Å². The number of carbonyl (C=O) groups excluding carboxylic acids is 2. The number of hydrogen-bond donors (Lipinski definition) is 2. The first kappa shape index (κ1) is 17.0. The number of imide groups is 1. The highest BCUT2D eigenvalue weighted by Crippen LogP contribution is 2.24. The second-order valence-electron chi connectivity index (χ2n) is 5.87. The molecule has 0 radical (unpaired) electrons. The maximum absolute atomic E-state index is 12.4. The zero-order valence-electron chi connectivity index (χ0n) is 13.4. The zero-order valence-corrected chi connectivity index (χ0v) is 14.2. The molecule has 2 aliphatic heterocycles. The fourth-order valence-electron chi connectivity index (χ4n) is 2.86. The molecule has 0 atom stereocenters. The van der Waals surface area contributed by atoms with Crippen molar-refractivity contribution in [3.63, 3.8) is 0 Å². The first-order valence-electron chi connectivity index (χ1n) is 7.79. The Morgan fingerprint density at radius 1 is 1.12 bits per heavy atom. The van der Waals surface area contributed by atoms with Gasteiger partial charge in [0.1, 0.15) is 0 Å². The molecule has 1 aromatic rings. The molecule has 0 bridgehead atoms. The summed E-state index contributed by atoms with van der Waals surface area (Å²) >= 11 is 0. The summed E-state index contributed by atoms with van der Waals surface area (Å²) in [6.07, 6.45) is 0. The lowest BCUT2D eigenvalue weighted by atomic mass is 10.1. The molecule has 130 valence electrons. The van der Waals surface area contributed by atoms with Crippen LogP contribution in [-0.4, -0.2) is 76.3 Å². The van der Waals surface area contributed by atoms with E-state index in [1.807, 2.05) is 0 Å². The van der Waals surface area contributed by atoms with Gasteiger partial charge in [0, 0.05) is 46.3 Å². The lowest BCUT2D eigenvalue weighted by Gasteiger charge is -2.27.